The first kappa shape index (κ1) is 23.9. The third-order valence-electron chi connectivity index (χ3n) is 4.50. The van der Waals surface area contributed by atoms with Crippen molar-refractivity contribution in [2.45, 2.75) is 45.4 Å². The van der Waals surface area contributed by atoms with E-state index in [1.807, 2.05) is 0 Å². The molecule has 1 heterocycles. The maximum absolute atomic E-state index is 12.8. The number of alkyl halides is 2. The fraction of sp³-hybridized carbons (Fsp3) is 0.500. The van der Waals surface area contributed by atoms with Crippen LogP contribution in [0.4, 0.5) is 8.78 Å². The maximum Gasteiger partial charge on any atom is 0.333 e. The molecule has 30 heavy (non-hydrogen) atoms. The molecule has 0 spiro atoms. The Labute approximate surface area is 175 Å². The molecule has 2 N–H and O–H groups in total. The van der Waals surface area contributed by atoms with E-state index < -0.39 is 39.9 Å². The Morgan fingerprint density at radius 2 is 1.80 bits per heavy atom. The first-order valence-electron chi connectivity index (χ1n) is 9.42. The molecule has 166 valence electrons. The summed E-state index contributed by atoms with van der Waals surface area (Å²) in [6.45, 7) is 2.36. The highest BCUT2D eigenvalue weighted by atomic mass is 32.2. The van der Waals surface area contributed by atoms with E-state index in [2.05, 4.69) is 5.10 Å². The van der Waals surface area contributed by atoms with Gasteiger partial charge in [0.15, 0.2) is 0 Å². The van der Waals surface area contributed by atoms with Crippen LogP contribution in [0.15, 0.2) is 36.7 Å². The van der Waals surface area contributed by atoms with Crippen LogP contribution in [0.1, 0.15) is 39.3 Å². The fourth-order valence-electron chi connectivity index (χ4n) is 3.32. The zero-order valence-electron chi connectivity index (χ0n) is 17.4. The minimum absolute atomic E-state index is 0.0638. The van der Waals surface area contributed by atoms with Gasteiger partial charge in [0.2, 0.25) is 0 Å². The first-order chi connectivity index (χ1) is 13.8. The largest absolute Gasteiger partial charge is 0.461 e. The highest BCUT2D eigenvalue weighted by Crippen LogP contribution is 2.31. The maximum atomic E-state index is 12.8. The van der Waals surface area contributed by atoms with Crippen LogP contribution in [-0.2, 0) is 24.9 Å². The van der Waals surface area contributed by atoms with Crippen molar-refractivity contribution in [2.75, 3.05) is 12.0 Å². The molecule has 0 amide bonds. The van der Waals surface area contributed by atoms with E-state index in [1.165, 1.54) is 12.4 Å². The Balaban J connectivity index is 2.36. The van der Waals surface area contributed by atoms with E-state index >= 15 is 0 Å². The van der Waals surface area contributed by atoms with Crippen molar-refractivity contribution < 1.29 is 26.7 Å². The second-order valence-electron chi connectivity index (χ2n) is 7.89. The molecule has 0 saturated heterocycles. The molecule has 2 rings (SSSR count). The number of halogens is 2. The average molecular weight is 444 g/mol. The average Bonchev–Trinajstić information content (AvgIpc) is 3.09. The minimum Gasteiger partial charge on any atom is -0.461 e. The molecule has 0 aliphatic carbocycles. The standard InChI is InChI=1S/C20H27F2N3O4S/c1-13(2)29-18(26)20(23,9-14(3)12-30(4,27)28)17-7-5-15(6-8-17)16-10-24-25(11-16)19(21)22/h5-8,10-11,13-14,19H,9,12,23H2,1-4H3. The van der Waals surface area contributed by atoms with Crippen molar-refractivity contribution in [3.8, 4) is 11.1 Å². The molecule has 2 aromatic rings. The Morgan fingerprint density at radius 3 is 2.27 bits per heavy atom. The van der Waals surface area contributed by atoms with Gasteiger partial charge >= 0.3 is 12.5 Å². The van der Waals surface area contributed by atoms with Crippen molar-refractivity contribution in [3.63, 3.8) is 0 Å². The highest BCUT2D eigenvalue weighted by molar-refractivity contribution is 7.90. The quantitative estimate of drug-likeness (QED) is 0.597. The van der Waals surface area contributed by atoms with Crippen molar-refractivity contribution in [1.82, 2.24) is 9.78 Å². The predicted octanol–water partition coefficient (Wildman–Crippen LogP) is 3.12. The van der Waals surface area contributed by atoms with Crippen LogP contribution in [-0.4, -0.2) is 42.3 Å². The highest BCUT2D eigenvalue weighted by Gasteiger charge is 2.40. The summed E-state index contributed by atoms with van der Waals surface area (Å²) in [6.07, 6.45) is 3.33. The zero-order chi connectivity index (χ0) is 22.7. The van der Waals surface area contributed by atoms with Crippen molar-refractivity contribution in [3.05, 3.63) is 42.2 Å². The lowest BCUT2D eigenvalue weighted by molar-refractivity contribution is -0.155. The van der Waals surface area contributed by atoms with E-state index in [9.17, 15) is 22.0 Å². The number of nitrogens with two attached hydrogens (primary N) is 1. The number of carbonyl (C=O) groups excluding carboxylic acids is 1. The number of rotatable bonds is 9. The van der Waals surface area contributed by atoms with E-state index in [-0.39, 0.29) is 12.2 Å². The van der Waals surface area contributed by atoms with Gasteiger partial charge in [0.1, 0.15) is 15.4 Å². The summed E-state index contributed by atoms with van der Waals surface area (Å²) in [4.78, 5) is 12.8. The van der Waals surface area contributed by atoms with E-state index in [0.717, 1.165) is 6.26 Å². The Kier molecular flexibility index (Phi) is 7.36. The molecular weight excluding hydrogens is 416 g/mol. The summed E-state index contributed by atoms with van der Waals surface area (Å²) < 4.78 is 54.6. The smallest absolute Gasteiger partial charge is 0.333 e. The molecule has 0 bridgehead atoms. The molecule has 1 aromatic heterocycles. The summed E-state index contributed by atoms with van der Waals surface area (Å²) in [7, 11) is -3.25. The van der Waals surface area contributed by atoms with Gasteiger partial charge in [0, 0.05) is 18.0 Å². The second kappa shape index (κ2) is 9.22. The summed E-state index contributed by atoms with van der Waals surface area (Å²) >= 11 is 0. The van der Waals surface area contributed by atoms with Crippen LogP contribution >= 0.6 is 0 Å². The first-order valence-corrected chi connectivity index (χ1v) is 11.5. The lowest BCUT2D eigenvalue weighted by Crippen LogP contribution is -2.48. The summed E-state index contributed by atoms with van der Waals surface area (Å²) in [6, 6.07) is 6.52. The molecule has 2 atom stereocenters. The molecule has 0 saturated carbocycles. The molecule has 0 aliphatic heterocycles. The van der Waals surface area contributed by atoms with E-state index in [0.29, 0.717) is 21.4 Å². The van der Waals surface area contributed by atoms with Crippen LogP contribution < -0.4 is 5.73 Å². The molecule has 1 aromatic carbocycles. The Hall–Kier alpha value is -2.33. The molecule has 7 nitrogen and oxygen atoms in total. The monoisotopic (exact) mass is 443 g/mol. The van der Waals surface area contributed by atoms with E-state index in [4.69, 9.17) is 10.5 Å². The van der Waals surface area contributed by atoms with Gasteiger partial charge in [0.05, 0.1) is 18.1 Å². The van der Waals surface area contributed by atoms with Gasteiger partial charge in [-0.05, 0) is 37.3 Å². The Morgan fingerprint density at radius 1 is 1.20 bits per heavy atom. The number of aromatic nitrogens is 2. The number of hydrogen-bond acceptors (Lipinski definition) is 6. The second-order valence-corrected chi connectivity index (χ2v) is 10.1. The number of esters is 1. The summed E-state index contributed by atoms with van der Waals surface area (Å²) in [5, 5.41) is 3.61. The van der Waals surface area contributed by atoms with Gasteiger partial charge < -0.3 is 10.5 Å². The third-order valence-corrected chi connectivity index (χ3v) is 5.67. The fourth-order valence-corrected chi connectivity index (χ4v) is 4.47. The number of ether oxygens (including phenoxy) is 1. The molecule has 0 radical (unpaired) electrons. The van der Waals surface area contributed by atoms with Gasteiger partial charge in [-0.1, -0.05) is 31.2 Å². The van der Waals surface area contributed by atoms with Crippen LogP contribution in [0.25, 0.3) is 11.1 Å². The van der Waals surface area contributed by atoms with Gasteiger partial charge in [0.25, 0.3) is 0 Å². The van der Waals surface area contributed by atoms with Crippen LogP contribution in [0.5, 0.6) is 0 Å². The van der Waals surface area contributed by atoms with Crippen molar-refractivity contribution in [1.29, 1.82) is 0 Å². The third kappa shape index (κ3) is 6.09. The number of nitrogens with zero attached hydrogens (tertiary/aromatic N) is 2. The molecule has 0 aliphatic rings. The summed E-state index contributed by atoms with van der Waals surface area (Å²) in [5.74, 6) is -1.17. The number of carbonyl (C=O) groups is 1. The lowest BCUT2D eigenvalue weighted by atomic mass is 9.82. The van der Waals surface area contributed by atoms with Gasteiger partial charge in [-0.2, -0.15) is 13.9 Å². The van der Waals surface area contributed by atoms with Gasteiger partial charge in [-0.15, -0.1) is 0 Å². The molecular formula is C20H27F2N3O4S. The minimum atomic E-state index is -3.25. The van der Waals surface area contributed by atoms with Gasteiger partial charge in [-0.3, -0.25) is 0 Å². The van der Waals surface area contributed by atoms with Crippen molar-refractivity contribution in [2.24, 2.45) is 11.7 Å². The van der Waals surface area contributed by atoms with Crippen LogP contribution in [0.3, 0.4) is 0 Å². The number of sulfone groups is 1. The Bertz CT molecular complexity index is 974. The van der Waals surface area contributed by atoms with Crippen molar-refractivity contribution >= 4 is 15.8 Å². The van der Waals surface area contributed by atoms with Crippen LogP contribution in [0.2, 0.25) is 0 Å². The molecule has 2 unspecified atom stereocenters. The number of benzene rings is 1. The number of hydrogen-bond donors (Lipinski definition) is 1. The van der Waals surface area contributed by atoms with Crippen LogP contribution in [0, 0.1) is 5.92 Å². The zero-order valence-corrected chi connectivity index (χ0v) is 18.2. The van der Waals surface area contributed by atoms with Gasteiger partial charge in [-0.25, -0.2) is 17.9 Å². The lowest BCUT2D eigenvalue weighted by Gasteiger charge is -2.31. The molecule has 10 heteroatoms. The normalized spacial score (nSPS) is 15.2. The van der Waals surface area contributed by atoms with E-state index in [1.54, 1.807) is 45.0 Å². The SMILES string of the molecule is CC(CC(N)(C(=O)OC(C)C)c1ccc(-c2cnn(C(F)F)c2)cc1)CS(C)(=O)=O. The summed E-state index contributed by atoms with van der Waals surface area (Å²) in [5.41, 5.74) is 6.47. The predicted molar refractivity (Wildman–Crippen MR) is 110 cm³/mol. The topological polar surface area (TPSA) is 104 Å². The molecule has 0 fully saturated rings.